The van der Waals surface area contributed by atoms with Gasteiger partial charge in [-0.25, -0.2) is 9.97 Å². The number of aromatic nitrogens is 3. The molecule has 0 aliphatic rings. The molecule has 0 unspecified atom stereocenters. The molecule has 25 heavy (non-hydrogen) atoms. The first-order valence-corrected chi connectivity index (χ1v) is 8.37. The van der Waals surface area contributed by atoms with E-state index in [4.69, 9.17) is 0 Å². The van der Waals surface area contributed by atoms with E-state index < -0.39 is 5.95 Å². The van der Waals surface area contributed by atoms with Gasteiger partial charge in [-0.2, -0.15) is 9.49 Å². The van der Waals surface area contributed by atoms with Gasteiger partial charge in [-0.15, -0.1) is 0 Å². The second-order valence-electron chi connectivity index (χ2n) is 5.36. The summed E-state index contributed by atoms with van der Waals surface area (Å²) in [6.45, 7) is 1.80. The molecule has 7 heteroatoms. The lowest BCUT2D eigenvalue weighted by molar-refractivity contribution is 0.583. The van der Waals surface area contributed by atoms with Crippen molar-refractivity contribution in [1.29, 1.82) is 0 Å². The minimum absolute atomic E-state index is 0.515. The third-order valence-corrected chi connectivity index (χ3v) is 3.96. The van der Waals surface area contributed by atoms with E-state index in [9.17, 15) is 4.39 Å². The van der Waals surface area contributed by atoms with Gasteiger partial charge in [0.25, 0.3) is 0 Å². The van der Waals surface area contributed by atoms with Crippen molar-refractivity contribution in [3.63, 3.8) is 0 Å². The van der Waals surface area contributed by atoms with Crippen LogP contribution in [-0.2, 0) is 6.42 Å². The molecule has 0 aliphatic heterocycles. The van der Waals surface area contributed by atoms with E-state index in [1.165, 1.54) is 12.3 Å². The number of nitrogens with zero attached hydrogens (tertiary/aromatic N) is 4. The Morgan fingerprint density at radius 1 is 1.16 bits per heavy atom. The lowest BCUT2D eigenvalue weighted by Crippen LogP contribution is -2.10. The Morgan fingerprint density at radius 3 is 2.76 bits per heavy atom. The van der Waals surface area contributed by atoms with E-state index in [1.807, 2.05) is 30.3 Å². The molecule has 5 nitrogen and oxygen atoms in total. The summed E-state index contributed by atoms with van der Waals surface area (Å²) < 4.78 is 13.9. The predicted molar refractivity (Wildman–Crippen MR) is 99.0 cm³/mol. The molecular formula is C18H15BrFN5. The fourth-order valence-corrected chi connectivity index (χ4v) is 2.59. The Morgan fingerprint density at radius 2 is 2.04 bits per heavy atom. The van der Waals surface area contributed by atoms with Crippen LogP contribution in [0, 0.1) is 12.9 Å². The quantitative estimate of drug-likeness (QED) is 0.397. The van der Waals surface area contributed by atoms with Gasteiger partial charge in [0.1, 0.15) is 4.60 Å². The molecule has 0 amide bonds. The highest BCUT2D eigenvalue weighted by molar-refractivity contribution is 9.10. The molecule has 0 spiro atoms. The highest BCUT2D eigenvalue weighted by atomic mass is 79.9. The van der Waals surface area contributed by atoms with Crippen molar-refractivity contribution >= 4 is 27.3 Å². The number of hydrogen-bond donors (Lipinski definition) is 1. The number of aryl methyl sites for hydroxylation is 1. The van der Waals surface area contributed by atoms with Crippen molar-refractivity contribution in [2.24, 2.45) is 5.10 Å². The maximum atomic E-state index is 13.1. The molecule has 0 aromatic carbocycles. The van der Waals surface area contributed by atoms with Gasteiger partial charge in [-0.05, 0) is 58.7 Å². The van der Waals surface area contributed by atoms with Gasteiger partial charge in [0.15, 0.2) is 0 Å². The Hall–Kier alpha value is -2.67. The summed E-state index contributed by atoms with van der Waals surface area (Å²) in [5, 5.41) is 4.51. The maximum Gasteiger partial charge on any atom is 0.213 e. The topological polar surface area (TPSA) is 63.1 Å². The lowest BCUT2D eigenvalue weighted by atomic mass is 10.1. The maximum absolute atomic E-state index is 13.1. The fraction of sp³-hybridized carbons (Fsp3) is 0.111. The number of anilines is 1. The Kier molecular flexibility index (Phi) is 5.45. The Bertz CT molecular complexity index is 899. The molecule has 0 saturated heterocycles. The van der Waals surface area contributed by atoms with Crippen molar-refractivity contribution in [2.45, 2.75) is 13.3 Å². The van der Waals surface area contributed by atoms with Crippen LogP contribution < -0.4 is 5.43 Å². The minimum Gasteiger partial charge on any atom is -0.276 e. The van der Waals surface area contributed by atoms with Crippen LogP contribution in [-0.4, -0.2) is 20.7 Å². The van der Waals surface area contributed by atoms with Crippen LogP contribution in [0.3, 0.4) is 0 Å². The highest BCUT2D eigenvalue weighted by Crippen LogP contribution is 2.16. The van der Waals surface area contributed by atoms with Crippen LogP contribution in [0.4, 0.5) is 10.1 Å². The standard InChI is InChI=1S/C18H15BrFN5/c1-12-8-18(20)23-11-16(12)25-24-15(10-14-4-2-3-6-21-14)13-5-7-22-17(19)9-13/h2-9,11,25H,10H2,1H3/b24-15-. The molecule has 3 aromatic heterocycles. The molecule has 0 saturated carbocycles. The van der Waals surface area contributed by atoms with Gasteiger partial charge in [0, 0.05) is 30.1 Å². The molecule has 0 aliphatic carbocycles. The predicted octanol–water partition coefficient (Wildman–Crippen LogP) is 4.14. The molecule has 1 N–H and O–H groups in total. The van der Waals surface area contributed by atoms with Crippen LogP contribution in [0.1, 0.15) is 16.8 Å². The van der Waals surface area contributed by atoms with Gasteiger partial charge < -0.3 is 0 Å². The highest BCUT2D eigenvalue weighted by Gasteiger charge is 2.08. The van der Waals surface area contributed by atoms with E-state index in [2.05, 4.69) is 41.4 Å². The zero-order valence-electron chi connectivity index (χ0n) is 13.4. The Balaban J connectivity index is 1.92. The summed E-state index contributed by atoms with van der Waals surface area (Å²) in [5.74, 6) is -0.515. The number of hydrogen-bond acceptors (Lipinski definition) is 5. The summed E-state index contributed by atoms with van der Waals surface area (Å²) in [6, 6.07) is 10.9. The average Bonchev–Trinajstić information content (AvgIpc) is 2.61. The molecule has 126 valence electrons. The van der Waals surface area contributed by atoms with Crippen LogP contribution in [0.5, 0.6) is 0 Å². The lowest BCUT2D eigenvalue weighted by Gasteiger charge is -2.09. The number of rotatable bonds is 5. The van der Waals surface area contributed by atoms with E-state index in [0.29, 0.717) is 12.1 Å². The zero-order valence-corrected chi connectivity index (χ0v) is 15.0. The van der Waals surface area contributed by atoms with Gasteiger partial charge >= 0.3 is 0 Å². The van der Waals surface area contributed by atoms with E-state index in [-0.39, 0.29) is 0 Å². The first-order valence-electron chi connectivity index (χ1n) is 7.58. The molecule has 0 fully saturated rings. The van der Waals surface area contributed by atoms with Crippen molar-refractivity contribution in [2.75, 3.05) is 5.43 Å². The van der Waals surface area contributed by atoms with Crippen molar-refractivity contribution in [3.8, 4) is 0 Å². The molecule has 3 aromatic rings. The largest absolute Gasteiger partial charge is 0.276 e. The number of pyridine rings is 3. The second-order valence-corrected chi connectivity index (χ2v) is 6.17. The zero-order chi connectivity index (χ0) is 17.6. The number of halogens is 2. The van der Waals surface area contributed by atoms with Crippen LogP contribution >= 0.6 is 15.9 Å². The van der Waals surface area contributed by atoms with E-state index in [1.54, 1.807) is 19.3 Å². The molecular weight excluding hydrogens is 385 g/mol. The first-order chi connectivity index (χ1) is 12.1. The summed E-state index contributed by atoms with van der Waals surface area (Å²) in [6.07, 6.45) is 5.42. The van der Waals surface area contributed by atoms with Gasteiger partial charge in [-0.3, -0.25) is 10.4 Å². The smallest absolute Gasteiger partial charge is 0.213 e. The van der Waals surface area contributed by atoms with E-state index >= 15 is 0 Å². The fourth-order valence-electron chi connectivity index (χ4n) is 2.23. The average molecular weight is 400 g/mol. The normalized spacial score (nSPS) is 11.4. The monoisotopic (exact) mass is 399 g/mol. The molecule has 0 radical (unpaired) electrons. The third-order valence-electron chi connectivity index (χ3n) is 3.52. The summed E-state index contributed by atoms with van der Waals surface area (Å²) in [7, 11) is 0. The Labute approximate surface area is 153 Å². The third kappa shape index (κ3) is 4.67. The van der Waals surface area contributed by atoms with Crippen LogP contribution in [0.25, 0.3) is 0 Å². The van der Waals surface area contributed by atoms with Crippen molar-refractivity contribution < 1.29 is 4.39 Å². The number of hydrazone groups is 1. The molecule has 3 heterocycles. The summed E-state index contributed by atoms with van der Waals surface area (Å²) in [5.41, 5.74) is 6.93. The molecule has 0 atom stereocenters. The van der Waals surface area contributed by atoms with Gasteiger partial charge in [0.05, 0.1) is 17.6 Å². The molecule has 3 rings (SSSR count). The van der Waals surface area contributed by atoms with Crippen LogP contribution in [0.2, 0.25) is 0 Å². The molecule has 0 bridgehead atoms. The first kappa shape index (κ1) is 17.2. The van der Waals surface area contributed by atoms with Gasteiger partial charge in [0.2, 0.25) is 5.95 Å². The summed E-state index contributed by atoms with van der Waals surface area (Å²) in [4.78, 5) is 12.2. The second kappa shape index (κ2) is 7.94. The summed E-state index contributed by atoms with van der Waals surface area (Å²) >= 11 is 3.38. The van der Waals surface area contributed by atoms with Crippen molar-refractivity contribution in [3.05, 3.63) is 82.4 Å². The minimum atomic E-state index is -0.515. The number of nitrogens with one attached hydrogen (secondary N) is 1. The van der Waals surface area contributed by atoms with Crippen molar-refractivity contribution in [1.82, 2.24) is 15.0 Å². The SMILES string of the molecule is Cc1cc(F)ncc1N/N=C(/Cc1ccccn1)c1ccnc(Br)c1. The van der Waals surface area contributed by atoms with E-state index in [0.717, 1.165) is 27.1 Å². The van der Waals surface area contributed by atoms with Crippen LogP contribution in [0.15, 0.2) is 64.7 Å². The van der Waals surface area contributed by atoms with Gasteiger partial charge in [-0.1, -0.05) is 6.07 Å².